The van der Waals surface area contributed by atoms with Gasteiger partial charge in [0.25, 0.3) is 0 Å². The summed E-state index contributed by atoms with van der Waals surface area (Å²) in [5, 5.41) is 0. The van der Waals surface area contributed by atoms with Gasteiger partial charge in [-0.1, -0.05) is 12.2 Å². The summed E-state index contributed by atoms with van der Waals surface area (Å²) in [5.41, 5.74) is 0.941. The zero-order valence-electron chi connectivity index (χ0n) is 14.0. The number of hydrogen-bond donors (Lipinski definition) is 0. The lowest BCUT2D eigenvalue weighted by Crippen LogP contribution is -2.50. The fourth-order valence-corrected chi connectivity index (χ4v) is 5.82. The summed E-state index contributed by atoms with van der Waals surface area (Å²) in [6.45, 7) is 7.33. The van der Waals surface area contributed by atoms with Gasteiger partial charge >= 0.3 is 5.97 Å². The summed E-state index contributed by atoms with van der Waals surface area (Å²) in [4.78, 5) is 50.5. The molecule has 0 aromatic heterocycles. The van der Waals surface area contributed by atoms with Crippen LogP contribution in [0.2, 0.25) is 0 Å². The first-order valence-corrected chi connectivity index (χ1v) is 8.73. The number of esters is 1. The molecule has 5 heteroatoms. The Morgan fingerprint density at radius 1 is 1.00 bits per heavy atom. The maximum Gasteiger partial charge on any atom is 0.309 e. The highest BCUT2D eigenvalue weighted by atomic mass is 16.6. The van der Waals surface area contributed by atoms with E-state index >= 15 is 0 Å². The topological polar surface area (TPSA) is 77.5 Å². The Labute approximate surface area is 140 Å². The van der Waals surface area contributed by atoms with Gasteiger partial charge in [0.15, 0.2) is 0 Å². The first kappa shape index (κ1) is 15.7. The average Bonchev–Trinajstić information content (AvgIpc) is 2.66. The average molecular weight is 330 g/mol. The first-order chi connectivity index (χ1) is 11.3. The highest BCUT2D eigenvalue weighted by Gasteiger charge is 2.67. The van der Waals surface area contributed by atoms with Crippen molar-refractivity contribution in [3.05, 3.63) is 12.2 Å². The number of ether oxygens (including phenoxy) is 1. The van der Waals surface area contributed by atoms with Crippen LogP contribution in [-0.4, -0.2) is 29.4 Å². The van der Waals surface area contributed by atoms with Crippen molar-refractivity contribution in [2.45, 2.75) is 39.2 Å². The number of hydrogen-bond acceptors (Lipinski definition) is 5. The molecule has 0 spiro atoms. The molecule has 4 saturated carbocycles. The molecule has 8 atom stereocenters. The predicted molar refractivity (Wildman–Crippen MR) is 83.7 cm³/mol. The van der Waals surface area contributed by atoms with E-state index in [1.165, 1.54) is 6.92 Å². The van der Waals surface area contributed by atoms with E-state index in [-0.39, 0.29) is 47.5 Å². The molecule has 128 valence electrons. The molecule has 0 N–H and O–H groups in total. The zero-order valence-corrected chi connectivity index (χ0v) is 14.0. The van der Waals surface area contributed by atoms with Gasteiger partial charge in [-0.25, -0.2) is 0 Å². The molecule has 24 heavy (non-hydrogen) atoms. The van der Waals surface area contributed by atoms with E-state index in [2.05, 4.69) is 6.58 Å². The quantitative estimate of drug-likeness (QED) is 0.569. The molecular weight excluding hydrogens is 308 g/mol. The van der Waals surface area contributed by atoms with Gasteiger partial charge in [-0.2, -0.15) is 0 Å². The van der Waals surface area contributed by atoms with Gasteiger partial charge in [0, 0.05) is 30.6 Å². The molecule has 5 rings (SSSR count). The number of rotatable bonds is 2. The molecular formula is C19H22O5. The van der Waals surface area contributed by atoms with E-state index < -0.39 is 29.8 Å². The van der Waals surface area contributed by atoms with E-state index in [1.54, 1.807) is 0 Å². The SMILES string of the molecule is C=C(C)[C@@H]1CC(=O)C2C(C1)C1C(=O)O[C@H]3C1CC(=O)[C@@H]2[C@@H]3C(C)=O. The van der Waals surface area contributed by atoms with E-state index in [4.69, 9.17) is 4.74 Å². The third-order valence-electron chi connectivity index (χ3n) is 6.81. The number of fused-ring (bicyclic) bond motifs is 1. The highest BCUT2D eigenvalue weighted by Crippen LogP contribution is 2.58. The summed E-state index contributed by atoms with van der Waals surface area (Å²) in [6, 6.07) is 0. The minimum atomic E-state index is -0.648. The van der Waals surface area contributed by atoms with Crippen LogP contribution in [0.25, 0.3) is 0 Å². The summed E-state index contributed by atoms with van der Waals surface area (Å²) >= 11 is 0. The Morgan fingerprint density at radius 2 is 1.67 bits per heavy atom. The van der Waals surface area contributed by atoms with Crippen molar-refractivity contribution in [3.63, 3.8) is 0 Å². The van der Waals surface area contributed by atoms with Gasteiger partial charge in [0.05, 0.1) is 11.8 Å². The molecule has 4 aliphatic carbocycles. The van der Waals surface area contributed by atoms with Crippen LogP contribution in [0.3, 0.4) is 0 Å². The van der Waals surface area contributed by atoms with E-state index in [0.717, 1.165) is 5.57 Å². The Balaban J connectivity index is 1.85. The van der Waals surface area contributed by atoms with E-state index in [0.29, 0.717) is 12.8 Å². The standard InChI is InChI=1S/C19H22O5/c1-7(2)9-4-10-15-11-6-13(22)17(16(10)12(21)5-9)14(8(3)20)18(11)24-19(15)23/h9-11,14-18H,1,4-6H2,2-3H3/t9-,10?,11?,14-,15?,16?,17+,18-/m0/s1. The number of ketones is 3. The Hall–Kier alpha value is -1.78. The molecule has 1 saturated heterocycles. The molecule has 1 heterocycles. The normalized spacial score (nSPS) is 46.3. The van der Waals surface area contributed by atoms with Crippen molar-refractivity contribution < 1.29 is 23.9 Å². The van der Waals surface area contributed by atoms with Crippen molar-refractivity contribution in [1.29, 1.82) is 0 Å². The maximum atomic E-state index is 12.9. The van der Waals surface area contributed by atoms with Gasteiger partial charge in [-0.3, -0.25) is 19.2 Å². The van der Waals surface area contributed by atoms with Crippen molar-refractivity contribution in [3.8, 4) is 0 Å². The van der Waals surface area contributed by atoms with Gasteiger partial charge in [0.2, 0.25) is 0 Å². The van der Waals surface area contributed by atoms with Gasteiger partial charge in [-0.15, -0.1) is 0 Å². The van der Waals surface area contributed by atoms with Gasteiger partial charge < -0.3 is 4.74 Å². The smallest absolute Gasteiger partial charge is 0.309 e. The van der Waals surface area contributed by atoms with Crippen LogP contribution in [0.5, 0.6) is 0 Å². The maximum absolute atomic E-state index is 12.9. The number of Topliss-reactive ketones (excluding diaryl/α,β-unsaturated/α-hetero) is 3. The summed E-state index contributed by atoms with van der Waals surface area (Å²) in [6.07, 6.45) is 0.781. The zero-order chi connectivity index (χ0) is 17.3. The Kier molecular flexibility index (Phi) is 3.35. The minimum Gasteiger partial charge on any atom is -0.461 e. The van der Waals surface area contributed by atoms with Gasteiger partial charge in [0.1, 0.15) is 23.5 Å². The summed E-state index contributed by atoms with van der Waals surface area (Å²) < 4.78 is 5.56. The number of carbonyl (C=O) groups is 4. The minimum absolute atomic E-state index is 0.0184. The molecule has 5 aliphatic rings. The van der Waals surface area contributed by atoms with E-state index in [9.17, 15) is 19.2 Å². The molecule has 5 fully saturated rings. The highest BCUT2D eigenvalue weighted by molar-refractivity contribution is 5.98. The molecule has 0 aromatic carbocycles. The van der Waals surface area contributed by atoms with Crippen LogP contribution < -0.4 is 0 Å². The first-order valence-electron chi connectivity index (χ1n) is 8.73. The second kappa shape index (κ2) is 5.11. The fraction of sp³-hybridized carbons (Fsp3) is 0.684. The van der Waals surface area contributed by atoms with Crippen LogP contribution in [0.4, 0.5) is 0 Å². The Morgan fingerprint density at radius 3 is 2.29 bits per heavy atom. The number of carbonyl (C=O) groups excluding carboxylic acids is 4. The monoisotopic (exact) mass is 330 g/mol. The van der Waals surface area contributed by atoms with Crippen molar-refractivity contribution >= 4 is 23.3 Å². The molecule has 4 unspecified atom stereocenters. The fourth-order valence-electron chi connectivity index (χ4n) is 5.82. The van der Waals surface area contributed by atoms with Crippen LogP contribution in [0.1, 0.15) is 33.1 Å². The Bertz CT molecular complexity index is 677. The third kappa shape index (κ3) is 1.93. The van der Waals surface area contributed by atoms with Crippen LogP contribution in [0.15, 0.2) is 12.2 Å². The molecule has 0 amide bonds. The second-order valence-electron chi connectivity index (χ2n) is 8.06. The van der Waals surface area contributed by atoms with Crippen LogP contribution >= 0.6 is 0 Å². The lowest BCUT2D eigenvalue weighted by molar-refractivity contribution is -0.161. The van der Waals surface area contributed by atoms with Crippen molar-refractivity contribution in [2.24, 2.45) is 41.4 Å². The lowest BCUT2D eigenvalue weighted by Gasteiger charge is -2.41. The number of allylic oxidation sites excluding steroid dienone is 1. The van der Waals surface area contributed by atoms with Crippen LogP contribution in [0, 0.1) is 41.4 Å². The molecule has 0 aromatic rings. The molecule has 0 radical (unpaired) electrons. The van der Waals surface area contributed by atoms with Crippen molar-refractivity contribution in [2.75, 3.05) is 0 Å². The van der Waals surface area contributed by atoms with Crippen LogP contribution in [-0.2, 0) is 23.9 Å². The molecule has 1 aliphatic heterocycles. The predicted octanol–water partition coefficient (Wildman–Crippen LogP) is 1.74. The van der Waals surface area contributed by atoms with E-state index in [1.807, 2.05) is 6.92 Å². The summed E-state index contributed by atoms with van der Waals surface area (Å²) in [5.74, 6) is -3.07. The van der Waals surface area contributed by atoms with Crippen molar-refractivity contribution in [1.82, 2.24) is 0 Å². The summed E-state index contributed by atoms with van der Waals surface area (Å²) in [7, 11) is 0. The second-order valence-corrected chi connectivity index (χ2v) is 8.06. The van der Waals surface area contributed by atoms with Gasteiger partial charge in [-0.05, 0) is 32.1 Å². The third-order valence-corrected chi connectivity index (χ3v) is 6.81. The molecule has 4 bridgehead atoms. The largest absolute Gasteiger partial charge is 0.461 e. The molecule has 5 nitrogen and oxygen atoms in total. The lowest BCUT2D eigenvalue weighted by atomic mass is 9.61.